The van der Waals surface area contributed by atoms with Crippen LogP contribution in [0.2, 0.25) is 0 Å². The van der Waals surface area contributed by atoms with Crippen LogP contribution >= 0.6 is 0 Å². The first-order valence-electron chi connectivity index (χ1n) is 13.0. The van der Waals surface area contributed by atoms with Gasteiger partial charge in [-0.2, -0.15) is 4.31 Å². The van der Waals surface area contributed by atoms with Crippen molar-refractivity contribution in [2.75, 3.05) is 19.7 Å². The molecular formula is C26H34N2O9S. The Hall–Kier alpha value is -2.86. The Morgan fingerprint density at radius 1 is 1.11 bits per heavy atom. The van der Waals surface area contributed by atoms with Crippen LogP contribution in [0.5, 0.6) is 0 Å². The molecule has 2 saturated carbocycles. The molecule has 12 heteroatoms. The van der Waals surface area contributed by atoms with E-state index in [4.69, 9.17) is 9.47 Å². The Morgan fingerprint density at radius 2 is 1.79 bits per heavy atom. The lowest BCUT2D eigenvalue weighted by molar-refractivity contribution is -0.384. The predicted octanol–water partition coefficient (Wildman–Crippen LogP) is 3.26. The molecule has 2 aliphatic carbocycles. The fourth-order valence-corrected chi connectivity index (χ4v) is 8.44. The number of nitrogens with zero attached hydrogens (tertiary/aromatic N) is 2. The van der Waals surface area contributed by atoms with Crippen LogP contribution in [-0.4, -0.2) is 61.2 Å². The van der Waals surface area contributed by atoms with Gasteiger partial charge in [-0.1, -0.05) is 0 Å². The highest BCUT2D eigenvalue weighted by Gasteiger charge is 2.61. The third-order valence-electron chi connectivity index (χ3n) is 8.41. The first-order chi connectivity index (χ1) is 17.9. The monoisotopic (exact) mass is 550 g/mol. The molecule has 0 amide bonds. The van der Waals surface area contributed by atoms with Gasteiger partial charge in [0.25, 0.3) is 5.69 Å². The number of Topliss-reactive ketones (excluding diaryl/α,β-unsaturated/α-hetero) is 1. The van der Waals surface area contributed by atoms with Gasteiger partial charge in [0.2, 0.25) is 10.0 Å². The number of nitro groups is 1. The van der Waals surface area contributed by atoms with Crippen LogP contribution < -0.4 is 0 Å². The second-order valence-corrected chi connectivity index (χ2v) is 12.6. The van der Waals surface area contributed by atoms with Crippen molar-refractivity contribution < 1.29 is 37.2 Å². The smallest absolute Gasteiger partial charge is 0.302 e. The molecule has 1 saturated heterocycles. The highest BCUT2D eigenvalue weighted by molar-refractivity contribution is 7.89. The minimum Gasteiger partial charge on any atom is -0.466 e. The molecule has 208 valence electrons. The standard InChI is InChI=1S/C26H34N2O9S/c1-17(29)36-16-19-13-20-15-24(37-18(2)30)23-5-3-11-27(12-4-10-26(20,23)25(31)14-19)38(34,35)22-8-6-21(7-9-22)28(32)33/h6-9,19-20,23-24H,3-5,10-16H2,1-2H3/t19?,20?,23-,24+,26?/m1/s1. The third-order valence-corrected chi connectivity index (χ3v) is 10.3. The van der Waals surface area contributed by atoms with E-state index in [1.165, 1.54) is 42.4 Å². The largest absolute Gasteiger partial charge is 0.466 e. The average Bonchev–Trinajstić information content (AvgIpc) is 3.18. The summed E-state index contributed by atoms with van der Waals surface area (Å²) >= 11 is 0. The fourth-order valence-electron chi connectivity index (χ4n) is 6.92. The minimum atomic E-state index is -3.89. The zero-order chi connectivity index (χ0) is 27.7. The Kier molecular flexibility index (Phi) is 8.22. The number of non-ortho nitro benzene ring substituents is 1. The van der Waals surface area contributed by atoms with Gasteiger partial charge in [0.05, 0.1) is 16.4 Å². The zero-order valence-corrected chi connectivity index (χ0v) is 22.5. The number of sulfonamides is 1. The predicted molar refractivity (Wildman–Crippen MR) is 134 cm³/mol. The molecule has 1 heterocycles. The maximum Gasteiger partial charge on any atom is 0.302 e. The van der Waals surface area contributed by atoms with Crippen molar-refractivity contribution in [1.29, 1.82) is 0 Å². The lowest BCUT2D eigenvalue weighted by Gasteiger charge is -2.44. The summed E-state index contributed by atoms with van der Waals surface area (Å²) < 4.78 is 39.1. The molecule has 0 bridgehead atoms. The van der Waals surface area contributed by atoms with Gasteiger partial charge in [-0.3, -0.25) is 24.5 Å². The van der Waals surface area contributed by atoms with E-state index in [2.05, 4.69) is 0 Å². The van der Waals surface area contributed by atoms with Crippen molar-refractivity contribution in [2.24, 2.45) is 23.2 Å². The summed E-state index contributed by atoms with van der Waals surface area (Å²) in [5, 5.41) is 11.0. The topological polar surface area (TPSA) is 150 Å². The van der Waals surface area contributed by atoms with E-state index in [0.717, 1.165) is 0 Å². The van der Waals surface area contributed by atoms with E-state index in [9.17, 15) is 32.9 Å². The maximum absolute atomic E-state index is 13.8. The molecule has 3 fully saturated rings. The minimum absolute atomic E-state index is 0.0153. The zero-order valence-electron chi connectivity index (χ0n) is 21.7. The lowest BCUT2D eigenvalue weighted by atomic mass is 9.58. The molecule has 5 atom stereocenters. The van der Waals surface area contributed by atoms with E-state index >= 15 is 0 Å². The van der Waals surface area contributed by atoms with E-state index in [0.29, 0.717) is 38.5 Å². The molecule has 11 nitrogen and oxygen atoms in total. The first-order valence-corrected chi connectivity index (χ1v) is 14.5. The van der Waals surface area contributed by atoms with Crippen molar-refractivity contribution >= 4 is 33.4 Å². The van der Waals surface area contributed by atoms with Crippen LogP contribution in [0, 0.1) is 33.3 Å². The molecule has 4 rings (SSSR count). The van der Waals surface area contributed by atoms with E-state index in [1.54, 1.807) is 0 Å². The van der Waals surface area contributed by atoms with Gasteiger partial charge in [0, 0.05) is 62.7 Å². The number of benzene rings is 1. The van der Waals surface area contributed by atoms with Crippen molar-refractivity contribution in [3.8, 4) is 0 Å². The summed E-state index contributed by atoms with van der Waals surface area (Å²) in [5.41, 5.74) is -0.898. The number of carbonyl (C=O) groups is 3. The molecule has 0 radical (unpaired) electrons. The highest BCUT2D eigenvalue weighted by Crippen LogP contribution is 2.60. The number of rotatable bonds is 6. The van der Waals surface area contributed by atoms with Crippen molar-refractivity contribution in [3.63, 3.8) is 0 Å². The van der Waals surface area contributed by atoms with Gasteiger partial charge in [0.15, 0.2) is 0 Å². The van der Waals surface area contributed by atoms with Crippen molar-refractivity contribution in [3.05, 3.63) is 34.4 Å². The van der Waals surface area contributed by atoms with Crippen molar-refractivity contribution in [1.82, 2.24) is 4.31 Å². The van der Waals surface area contributed by atoms with Crippen LogP contribution in [0.15, 0.2) is 29.2 Å². The quantitative estimate of drug-likeness (QED) is 0.295. The van der Waals surface area contributed by atoms with Crippen LogP contribution in [0.3, 0.4) is 0 Å². The van der Waals surface area contributed by atoms with E-state index < -0.39 is 38.4 Å². The Balaban J connectivity index is 1.58. The molecule has 0 N–H and O–H groups in total. The van der Waals surface area contributed by atoms with Gasteiger partial charge < -0.3 is 9.47 Å². The molecule has 38 heavy (non-hydrogen) atoms. The van der Waals surface area contributed by atoms with Crippen LogP contribution in [0.25, 0.3) is 0 Å². The fraction of sp³-hybridized carbons (Fsp3) is 0.654. The van der Waals surface area contributed by atoms with Gasteiger partial charge in [-0.05, 0) is 56.6 Å². The third kappa shape index (κ3) is 5.47. The second-order valence-electron chi connectivity index (χ2n) is 10.7. The molecular weight excluding hydrogens is 516 g/mol. The summed E-state index contributed by atoms with van der Waals surface area (Å²) in [6.45, 7) is 3.31. The number of hydrogen-bond acceptors (Lipinski definition) is 9. The molecule has 3 aliphatic rings. The van der Waals surface area contributed by atoms with Gasteiger partial charge in [-0.25, -0.2) is 8.42 Å². The molecule has 1 aromatic rings. The van der Waals surface area contributed by atoms with Gasteiger partial charge >= 0.3 is 11.9 Å². The maximum atomic E-state index is 13.8. The van der Waals surface area contributed by atoms with Gasteiger partial charge in [0.1, 0.15) is 11.9 Å². The Labute approximate surface area is 222 Å². The molecule has 1 spiro atoms. The molecule has 1 aromatic carbocycles. The number of esters is 2. The van der Waals surface area contributed by atoms with Gasteiger partial charge in [-0.15, -0.1) is 0 Å². The number of carbonyl (C=O) groups excluding carboxylic acids is 3. The summed E-state index contributed by atoms with van der Waals surface area (Å²) in [4.78, 5) is 47.5. The number of ether oxygens (including phenoxy) is 2. The SMILES string of the molecule is CC(=O)OCC1CC(=O)C23CCCN(S(=O)(=O)c4ccc([N+](=O)[O-])cc4)CCC[C@@H]2[C@@H](OC(C)=O)CC3C1. The number of ketones is 1. The highest BCUT2D eigenvalue weighted by atomic mass is 32.2. The van der Waals surface area contributed by atoms with Crippen LogP contribution in [-0.2, 0) is 33.9 Å². The molecule has 3 unspecified atom stereocenters. The van der Waals surface area contributed by atoms with Crippen molar-refractivity contribution in [2.45, 2.75) is 69.8 Å². The van der Waals surface area contributed by atoms with E-state index in [-0.39, 0.29) is 60.2 Å². The summed E-state index contributed by atoms with van der Waals surface area (Å²) in [6, 6.07) is 4.84. The molecule has 1 aliphatic heterocycles. The first kappa shape index (κ1) is 28.2. The number of hydrogen-bond donors (Lipinski definition) is 0. The number of nitro benzene ring substituents is 1. The Morgan fingerprint density at radius 3 is 2.42 bits per heavy atom. The summed E-state index contributed by atoms with van der Waals surface area (Å²) in [7, 11) is -3.89. The Bertz CT molecular complexity index is 1200. The van der Waals surface area contributed by atoms with Crippen LogP contribution in [0.4, 0.5) is 5.69 Å². The summed E-state index contributed by atoms with van der Waals surface area (Å²) in [5.74, 6) is -1.06. The summed E-state index contributed by atoms with van der Waals surface area (Å²) in [6.07, 6.45) is 3.03. The van der Waals surface area contributed by atoms with E-state index in [1.807, 2.05) is 0 Å². The lowest BCUT2D eigenvalue weighted by Crippen LogP contribution is -2.47. The second kappa shape index (κ2) is 11.1. The van der Waals surface area contributed by atoms with Crippen LogP contribution in [0.1, 0.15) is 58.8 Å². The normalized spacial score (nSPS) is 30.2. The molecule has 0 aromatic heterocycles. The average molecular weight is 551 g/mol.